The van der Waals surface area contributed by atoms with E-state index >= 15 is 0 Å². The summed E-state index contributed by atoms with van der Waals surface area (Å²) in [5.41, 5.74) is 8.66. The molecule has 0 radical (unpaired) electrons. The fourth-order valence-electron chi connectivity index (χ4n) is 2.52. The number of benzene rings is 1. The van der Waals surface area contributed by atoms with Crippen molar-refractivity contribution in [2.45, 2.75) is 58.4 Å². The molecule has 0 aliphatic carbocycles. The molecule has 20 heavy (non-hydrogen) atoms. The lowest BCUT2D eigenvalue weighted by molar-refractivity contribution is 0.353. The van der Waals surface area contributed by atoms with Gasteiger partial charge in [0.05, 0.1) is 14.2 Å². The highest BCUT2D eigenvalue weighted by atomic mass is 16.5. The van der Waals surface area contributed by atoms with Crippen LogP contribution in [0.3, 0.4) is 0 Å². The maximum atomic E-state index is 6.33. The summed E-state index contributed by atoms with van der Waals surface area (Å²) in [6, 6.07) is 4.10. The number of methoxy groups -OCH3 is 2. The average molecular weight is 279 g/mol. The molecule has 0 saturated carbocycles. The highest BCUT2D eigenvalue weighted by Crippen LogP contribution is 2.33. The van der Waals surface area contributed by atoms with Crippen molar-refractivity contribution in [1.82, 2.24) is 0 Å². The van der Waals surface area contributed by atoms with Crippen molar-refractivity contribution in [1.29, 1.82) is 0 Å². The number of ether oxygens (including phenoxy) is 2. The molecule has 0 aliphatic heterocycles. The molecule has 1 aromatic rings. The van der Waals surface area contributed by atoms with Gasteiger partial charge in [0.15, 0.2) is 11.5 Å². The Balaban J connectivity index is 2.65. The maximum Gasteiger partial charge on any atom is 0.161 e. The second-order valence-corrected chi connectivity index (χ2v) is 5.37. The molecule has 0 aromatic heterocycles. The number of rotatable bonds is 9. The predicted octanol–water partition coefficient (Wildman–Crippen LogP) is 4.37. The Kier molecular flexibility index (Phi) is 7.45. The van der Waals surface area contributed by atoms with Crippen LogP contribution in [-0.4, -0.2) is 14.2 Å². The Morgan fingerprint density at radius 3 is 2.20 bits per heavy atom. The van der Waals surface area contributed by atoms with Crippen molar-refractivity contribution in [3.63, 3.8) is 0 Å². The van der Waals surface area contributed by atoms with Crippen LogP contribution in [0.5, 0.6) is 11.5 Å². The summed E-state index contributed by atoms with van der Waals surface area (Å²) in [4.78, 5) is 0. The van der Waals surface area contributed by atoms with E-state index in [0.29, 0.717) is 0 Å². The number of hydrogen-bond donors (Lipinski definition) is 1. The Labute approximate surface area is 123 Å². The summed E-state index contributed by atoms with van der Waals surface area (Å²) in [5.74, 6) is 1.53. The van der Waals surface area contributed by atoms with Crippen molar-refractivity contribution in [2.24, 2.45) is 5.73 Å². The summed E-state index contributed by atoms with van der Waals surface area (Å²) in [6.07, 6.45) is 7.41. The average Bonchev–Trinajstić information content (AvgIpc) is 2.46. The lowest BCUT2D eigenvalue weighted by atomic mass is 9.96. The summed E-state index contributed by atoms with van der Waals surface area (Å²) in [6.45, 7) is 4.31. The van der Waals surface area contributed by atoms with Gasteiger partial charge in [0, 0.05) is 6.04 Å². The van der Waals surface area contributed by atoms with Gasteiger partial charge in [-0.1, -0.05) is 39.0 Å². The fraction of sp³-hybridized carbons (Fsp3) is 0.647. The molecule has 1 aromatic carbocycles. The second-order valence-electron chi connectivity index (χ2n) is 5.37. The minimum atomic E-state index is 0.0800. The van der Waals surface area contributed by atoms with Gasteiger partial charge in [0.2, 0.25) is 0 Å². The first-order chi connectivity index (χ1) is 9.63. The Hall–Kier alpha value is -1.22. The molecule has 0 spiro atoms. The zero-order valence-electron chi connectivity index (χ0n) is 13.4. The van der Waals surface area contributed by atoms with Crippen LogP contribution in [0.4, 0.5) is 0 Å². The maximum absolute atomic E-state index is 6.33. The molecule has 1 atom stereocenters. The van der Waals surface area contributed by atoms with Crippen LogP contribution in [-0.2, 0) is 0 Å². The van der Waals surface area contributed by atoms with Gasteiger partial charge in [0.25, 0.3) is 0 Å². The molecule has 1 rings (SSSR count). The van der Waals surface area contributed by atoms with Gasteiger partial charge >= 0.3 is 0 Å². The summed E-state index contributed by atoms with van der Waals surface area (Å²) in [5, 5.41) is 0. The number of unbranched alkanes of at least 4 members (excludes halogenated alkanes) is 4. The zero-order chi connectivity index (χ0) is 15.0. The third-order valence-electron chi connectivity index (χ3n) is 3.79. The molecule has 0 aliphatic rings. The Bertz CT molecular complexity index is 404. The van der Waals surface area contributed by atoms with E-state index in [9.17, 15) is 0 Å². The van der Waals surface area contributed by atoms with Gasteiger partial charge in [-0.3, -0.25) is 0 Å². The van der Waals surface area contributed by atoms with Crippen LogP contribution in [0.1, 0.15) is 62.6 Å². The third-order valence-corrected chi connectivity index (χ3v) is 3.79. The Morgan fingerprint density at radius 2 is 1.60 bits per heavy atom. The van der Waals surface area contributed by atoms with E-state index in [1.165, 1.54) is 37.7 Å². The minimum absolute atomic E-state index is 0.0800. The molecular formula is C17H29NO2. The monoisotopic (exact) mass is 279 g/mol. The predicted molar refractivity (Wildman–Crippen MR) is 84.6 cm³/mol. The van der Waals surface area contributed by atoms with E-state index in [1.54, 1.807) is 14.2 Å². The molecular weight excluding hydrogens is 250 g/mol. The molecule has 3 heteroatoms. The topological polar surface area (TPSA) is 44.5 Å². The normalized spacial score (nSPS) is 12.2. The number of aryl methyl sites for hydroxylation is 1. The first-order valence-corrected chi connectivity index (χ1v) is 7.62. The highest BCUT2D eigenvalue weighted by molar-refractivity contribution is 5.48. The van der Waals surface area contributed by atoms with E-state index in [4.69, 9.17) is 15.2 Å². The van der Waals surface area contributed by atoms with Crippen LogP contribution in [0.25, 0.3) is 0 Å². The van der Waals surface area contributed by atoms with Crippen molar-refractivity contribution in [3.05, 3.63) is 23.3 Å². The van der Waals surface area contributed by atoms with E-state index in [2.05, 4.69) is 13.8 Å². The van der Waals surface area contributed by atoms with Crippen LogP contribution < -0.4 is 15.2 Å². The minimum Gasteiger partial charge on any atom is -0.493 e. The quantitative estimate of drug-likeness (QED) is 0.682. The van der Waals surface area contributed by atoms with Crippen LogP contribution in [0.15, 0.2) is 12.1 Å². The zero-order valence-corrected chi connectivity index (χ0v) is 13.4. The molecule has 1 unspecified atom stereocenters. The van der Waals surface area contributed by atoms with Gasteiger partial charge in [-0.15, -0.1) is 0 Å². The molecule has 0 saturated heterocycles. The molecule has 0 heterocycles. The number of hydrogen-bond acceptors (Lipinski definition) is 3. The smallest absolute Gasteiger partial charge is 0.161 e. The van der Waals surface area contributed by atoms with Crippen LogP contribution >= 0.6 is 0 Å². The molecule has 0 amide bonds. The first-order valence-electron chi connectivity index (χ1n) is 7.62. The standard InChI is InChI=1S/C17H29NO2/c1-5-6-7-8-9-10-15(18)14-12-17(20-4)16(19-3)11-13(14)2/h11-12,15H,5-10,18H2,1-4H3. The second kappa shape index (κ2) is 8.85. The van der Waals surface area contributed by atoms with E-state index in [-0.39, 0.29) is 6.04 Å². The van der Waals surface area contributed by atoms with Crippen LogP contribution in [0, 0.1) is 6.92 Å². The highest BCUT2D eigenvalue weighted by Gasteiger charge is 2.13. The van der Waals surface area contributed by atoms with E-state index in [0.717, 1.165) is 23.5 Å². The first kappa shape index (κ1) is 16.8. The number of nitrogens with two attached hydrogens (primary N) is 1. The van der Waals surface area contributed by atoms with Gasteiger partial charge < -0.3 is 15.2 Å². The SMILES string of the molecule is CCCCCCCC(N)c1cc(OC)c(OC)cc1C. The summed E-state index contributed by atoms with van der Waals surface area (Å²) >= 11 is 0. The molecule has 0 fully saturated rings. The fourth-order valence-corrected chi connectivity index (χ4v) is 2.52. The van der Waals surface area contributed by atoms with Crippen molar-refractivity contribution in [2.75, 3.05) is 14.2 Å². The van der Waals surface area contributed by atoms with Crippen LogP contribution in [0.2, 0.25) is 0 Å². The van der Waals surface area contributed by atoms with Crippen molar-refractivity contribution in [3.8, 4) is 11.5 Å². The summed E-state index contributed by atoms with van der Waals surface area (Å²) in [7, 11) is 3.32. The molecule has 114 valence electrons. The van der Waals surface area contributed by atoms with Gasteiger partial charge in [-0.2, -0.15) is 0 Å². The van der Waals surface area contributed by atoms with Gasteiger partial charge in [0.1, 0.15) is 0 Å². The van der Waals surface area contributed by atoms with E-state index in [1.807, 2.05) is 12.1 Å². The Morgan fingerprint density at radius 1 is 1.00 bits per heavy atom. The lowest BCUT2D eigenvalue weighted by Gasteiger charge is -2.18. The van der Waals surface area contributed by atoms with Crippen molar-refractivity contribution >= 4 is 0 Å². The van der Waals surface area contributed by atoms with Crippen molar-refractivity contribution < 1.29 is 9.47 Å². The third kappa shape index (κ3) is 4.71. The van der Waals surface area contributed by atoms with E-state index < -0.39 is 0 Å². The molecule has 2 N–H and O–H groups in total. The summed E-state index contributed by atoms with van der Waals surface area (Å²) < 4.78 is 10.7. The largest absolute Gasteiger partial charge is 0.493 e. The van der Waals surface area contributed by atoms with Gasteiger partial charge in [-0.25, -0.2) is 0 Å². The lowest BCUT2D eigenvalue weighted by Crippen LogP contribution is -2.12. The van der Waals surface area contributed by atoms with Gasteiger partial charge in [-0.05, 0) is 36.6 Å². The molecule has 0 bridgehead atoms. The molecule has 3 nitrogen and oxygen atoms in total.